The summed E-state index contributed by atoms with van der Waals surface area (Å²) < 4.78 is 56.8. The Hall–Kier alpha value is -3.01. The number of carbonyl (C=O) groups is 1. The van der Waals surface area contributed by atoms with Gasteiger partial charge in [0.05, 0.1) is 5.02 Å². The Kier molecular flexibility index (Phi) is 7.21. The van der Waals surface area contributed by atoms with Crippen molar-refractivity contribution in [2.45, 2.75) is 18.1 Å². The van der Waals surface area contributed by atoms with Crippen molar-refractivity contribution < 1.29 is 26.7 Å². The average molecular weight is 467 g/mol. The fraction of sp³-hybridized carbons (Fsp3) is 0.0952. The number of sulfonamides is 1. The van der Waals surface area contributed by atoms with Crippen molar-refractivity contribution in [3.05, 3.63) is 88.9 Å². The molecular formula is C21H17ClF2N2O4S. The average Bonchev–Trinajstić information content (AvgIpc) is 2.73. The van der Waals surface area contributed by atoms with E-state index < -0.39 is 22.5 Å². The minimum absolute atomic E-state index is 0.0182. The molecule has 3 rings (SSSR count). The molecule has 162 valence electrons. The van der Waals surface area contributed by atoms with Crippen LogP contribution in [-0.4, -0.2) is 20.9 Å². The van der Waals surface area contributed by atoms with Crippen molar-refractivity contribution in [3.8, 4) is 5.75 Å². The van der Waals surface area contributed by atoms with E-state index in [1.807, 2.05) is 6.07 Å². The number of alkyl halides is 2. The van der Waals surface area contributed by atoms with Crippen molar-refractivity contribution in [2.24, 2.45) is 0 Å². The molecule has 31 heavy (non-hydrogen) atoms. The molecule has 0 heterocycles. The van der Waals surface area contributed by atoms with Crippen LogP contribution in [0.4, 0.5) is 14.5 Å². The van der Waals surface area contributed by atoms with Crippen LogP contribution in [0.25, 0.3) is 0 Å². The molecule has 0 radical (unpaired) electrons. The van der Waals surface area contributed by atoms with Crippen LogP contribution in [0.3, 0.4) is 0 Å². The Labute approximate surface area is 182 Å². The molecule has 10 heteroatoms. The minimum atomic E-state index is -4.00. The van der Waals surface area contributed by atoms with E-state index in [0.29, 0.717) is 0 Å². The summed E-state index contributed by atoms with van der Waals surface area (Å²) in [5.41, 5.74) is 0.969. The van der Waals surface area contributed by atoms with E-state index in [1.54, 1.807) is 24.3 Å². The highest BCUT2D eigenvalue weighted by Crippen LogP contribution is 2.24. The molecule has 3 aromatic carbocycles. The monoisotopic (exact) mass is 466 g/mol. The fourth-order valence-corrected chi connectivity index (χ4v) is 4.20. The Morgan fingerprint density at radius 1 is 1.00 bits per heavy atom. The molecule has 0 saturated heterocycles. The number of hydrogen-bond donors (Lipinski definition) is 2. The third-order valence-corrected chi connectivity index (χ3v) is 5.99. The zero-order valence-electron chi connectivity index (χ0n) is 15.9. The van der Waals surface area contributed by atoms with Gasteiger partial charge in [-0.15, -0.1) is 0 Å². The first kappa shape index (κ1) is 22.7. The normalized spacial score (nSPS) is 11.4. The first-order valence-corrected chi connectivity index (χ1v) is 10.8. The Morgan fingerprint density at radius 2 is 1.74 bits per heavy atom. The SMILES string of the molecule is O=C(Nc1cccc(OC(F)F)c1)c1ccc(Cl)c(S(=O)(=O)NCc2ccccc2)c1. The molecule has 0 aromatic heterocycles. The summed E-state index contributed by atoms with van der Waals surface area (Å²) in [5.74, 6) is -0.775. The van der Waals surface area contributed by atoms with Crippen LogP contribution >= 0.6 is 11.6 Å². The minimum Gasteiger partial charge on any atom is -0.435 e. The van der Waals surface area contributed by atoms with Gasteiger partial charge in [-0.1, -0.05) is 48.0 Å². The van der Waals surface area contributed by atoms with Gasteiger partial charge in [0.1, 0.15) is 10.6 Å². The number of halogens is 3. The second-order valence-corrected chi connectivity index (χ2v) is 8.46. The van der Waals surface area contributed by atoms with Crippen LogP contribution in [0.15, 0.2) is 77.7 Å². The van der Waals surface area contributed by atoms with E-state index >= 15 is 0 Å². The molecule has 3 aromatic rings. The van der Waals surface area contributed by atoms with Gasteiger partial charge in [0.2, 0.25) is 10.0 Å². The van der Waals surface area contributed by atoms with Gasteiger partial charge in [0, 0.05) is 23.9 Å². The van der Waals surface area contributed by atoms with Gasteiger partial charge in [0.25, 0.3) is 5.91 Å². The van der Waals surface area contributed by atoms with Crippen molar-refractivity contribution in [2.75, 3.05) is 5.32 Å². The first-order chi connectivity index (χ1) is 14.7. The molecule has 0 bridgehead atoms. The number of benzene rings is 3. The highest BCUT2D eigenvalue weighted by Gasteiger charge is 2.20. The van der Waals surface area contributed by atoms with Crippen molar-refractivity contribution in [1.82, 2.24) is 4.72 Å². The number of hydrogen-bond acceptors (Lipinski definition) is 4. The van der Waals surface area contributed by atoms with E-state index in [1.165, 1.54) is 36.4 Å². The Morgan fingerprint density at radius 3 is 2.45 bits per heavy atom. The quantitative estimate of drug-likeness (QED) is 0.505. The lowest BCUT2D eigenvalue weighted by atomic mass is 10.2. The van der Waals surface area contributed by atoms with Gasteiger partial charge in [0.15, 0.2) is 0 Å². The number of rotatable bonds is 8. The lowest BCUT2D eigenvalue weighted by Crippen LogP contribution is -2.24. The lowest BCUT2D eigenvalue weighted by molar-refractivity contribution is -0.0498. The maximum atomic E-state index is 12.7. The molecule has 0 aliphatic carbocycles. The number of amides is 1. The number of ether oxygens (including phenoxy) is 1. The number of anilines is 1. The van der Waals surface area contributed by atoms with Crippen LogP contribution < -0.4 is 14.8 Å². The van der Waals surface area contributed by atoms with Crippen molar-refractivity contribution in [3.63, 3.8) is 0 Å². The summed E-state index contributed by atoms with van der Waals surface area (Å²) in [6, 6.07) is 18.1. The molecule has 1 amide bonds. The highest BCUT2D eigenvalue weighted by molar-refractivity contribution is 7.89. The second kappa shape index (κ2) is 9.86. The summed E-state index contributed by atoms with van der Waals surface area (Å²) in [7, 11) is -4.00. The number of carbonyl (C=O) groups excluding carboxylic acids is 1. The first-order valence-electron chi connectivity index (χ1n) is 8.94. The van der Waals surface area contributed by atoms with Crippen LogP contribution in [0.1, 0.15) is 15.9 Å². The molecule has 0 unspecified atom stereocenters. The van der Waals surface area contributed by atoms with Crippen molar-refractivity contribution >= 4 is 33.2 Å². The predicted octanol–water partition coefficient (Wildman–Crippen LogP) is 4.67. The topological polar surface area (TPSA) is 84.5 Å². The summed E-state index contributed by atoms with van der Waals surface area (Å²) in [5, 5.41) is 2.45. The van der Waals surface area contributed by atoms with Crippen LogP contribution in [0, 0.1) is 0 Å². The fourth-order valence-electron chi connectivity index (χ4n) is 2.66. The van der Waals surface area contributed by atoms with E-state index in [0.717, 1.165) is 11.6 Å². The molecule has 6 nitrogen and oxygen atoms in total. The van der Waals surface area contributed by atoms with Gasteiger partial charge >= 0.3 is 6.61 Å². The van der Waals surface area contributed by atoms with Crippen molar-refractivity contribution in [1.29, 1.82) is 0 Å². The largest absolute Gasteiger partial charge is 0.435 e. The van der Waals surface area contributed by atoms with Gasteiger partial charge in [-0.2, -0.15) is 8.78 Å². The summed E-state index contributed by atoms with van der Waals surface area (Å²) >= 11 is 6.06. The Bertz CT molecular complexity index is 1180. The maximum Gasteiger partial charge on any atom is 0.387 e. The van der Waals surface area contributed by atoms with Gasteiger partial charge in [-0.3, -0.25) is 4.79 Å². The molecule has 0 atom stereocenters. The third kappa shape index (κ3) is 6.24. The summed E-state index contributed by atoms with van der Waals surface area (Å²) in [4.78, 5) is 12.3. The summed E-state index contributed by atoms with van der Waals surface area (Å²) in [6.07, 6.45) is 0. The number of nitrogens with one attached hydrogen (secondary N) is 2. The standard InChI is InChI=1S/C21H17ClF2N2O4S/c22-18-10-9-15(20(27)26-16-7-4-8-17(12-16)30-21(23)24)11-19(18)31(28,29)25-13-14-5-2-1-3-6-14/h1-12,21,25H,13H2,(H,26,27). The van der Waals surface area contributed by atoms with Crippen LogP contribution in [0.2, 0.25) is 5.02 Å². The van der Waals surface area contributed by atoms with Crippen LogP contribution in [0.5, 0.6) is 5.75 Å². The maximum absolute atomic E-state index is 12.7. The second-order valence-electron chi connectivity index (χ2n) is 6.32. The third-order valence-electron chi connectivity index (χ3n) is 4.11. The molecule has 0 aliphatic rings. The van der Waals surface area contributed by atoms with E-state index in [2.05, 4.69) is 14.8 Å². The molecular weight excluding hydrogens is 450 g/mol. The zero-order chi connectivity index (χ0) is 22.4. The van der Waals surface area contributed by atoms with E-state index in [-0.39, 0.29) is 33.5 Å². The zero-order valence-corrected chi connectivity index (χ0v) is 17.5. The molecule has 0 spiro atoms. The van der Waals surface area contributed by atoms with Gasteiger partial charge in [-0.05, 0) is 35.9 Å². The lowest BCUT2D eigenvalue weighted by Gasteiger charge is -2.11. The summed E-state index contributed by atoms with van der Waals surface area (Å²) in [6.45, 7) is -2.95. The highest BCUT2D eigenvalue weighted by atomic mass is 35.5. The smallest absolute Gasteiger partial charge is 0.387 e. The van der Waals surface area contributed by atoms with Crippen LogP contribution in [-0.2, 0) is 16.6 Å². The van der Waals surface area contributed by atoms with E-state index in [4.69, 9.17) is 11.6 Å². The molecule has 0 aliphatic heterocycles. The predicted molar refractivity (Wildman–Crippen MR) is 113 cm³/mol. The van der Waals surface area contributed by atoms with E-state index in [9.17, 15) is 22.0 Å². The van der Waals surface area contributed by atoms with Gasteiger partial charge in [-0.25, -0.2) is 13.1 Å². The molecule has 0 saturated carbocycles. The van der Waals surface area contributed by atoms with Gasteiger partial charge < -0.3 is 10.1 Å². The molecule has 0 fully saturated rings. The Balaban J connectivity index is 1.77. The molecule has 2 N–H and O–H groups in total.